The maximum atomic E-state index is 13.3. The quantitative estimate of drug-likeness (QED) is 0.664. The van der Waals surface area contributed by atoms with Crippen LogP contribution in [0.3, 0.4) is 0 Å². The Morgan fingerprint density at radius 3 is 2.40 bits per heavy atom. The lowest BCUT2D eigenvalue weighted by Gasteiger charge is -1.99. The second-order valence-corrected chi connectivity index (χ2v) is 3.28. The van der Waals surface area contributed by atoms with Crippen molar-refractivity contribution in [2.24, 2.45) is 0 Å². The smallest absolute Gasteiger partial charge is 0.176 e. The molecule has 0 bridgehead atoms. The minimum atomic E-state index is -0.547. The zero-order valence-electron chi connectivity index (χ0n) is 8.03. The summed E-state index contributed by atoms with van der Waals surface area (Å²) >= 11 is 0. The SMILES string of the molecule is Fc1ccc(C[n+]2ccccc2)c(F)c1. The fourth-order valence-electron chi connectivity index (χ4n) is 1.39. The Bertz CT molecular complexity index is 454. The number of pyridine rings is 1. The molecule has 15 heavy (non-hydrogen) atoms. The average Bonchev–Trinajstić information content (AvgIpc) is 2.24. The van der Waals surface area contributed by atoms with Crippen LogP contribution in [0.5, 0.6) is 0 Å². The van der Waals surface area contributed by atoms with Crippen LogP contribution in [0.1, 0.15) is 5.56 Å². The van der Waals surface area contributed by atoms with Gasteiger partial charge in [-0.05, 0) is 12.1 Å². The first-order chi connectivity index (χ1) is 7.25. The standard InChI is InChI=1S/C12H10F2N/c13-11-5-4-10(12(14)8-11)9-15-6-2-1-3-7-15/h1-8H,9H2/q+1. The van der Waals surface area contributed by atoms with Gasteiger partial charge in [-0.15, -0.1) is 0 Å². The van der Waals surface area contributed by atoms with Crippen LogP contribution in [-0.2, 0) is 6.54 Å². The maximum absolute atomic E-state index is 13.3. The molecule has 0 unspecified atom stereocenters. The second kappa shape index (κ2) is 4.17. The van der Waals surface area contributed by atoms with E-state index in [0.717, 1.165) is 6.07 Å². The van der Waals surface area contributed by atoms with Crippen LogP contribution in [0.25, 0.3) is 0 Å². The fourth-order valence-corrected chi connectivity index (χ4v) is 1.39. The van der Waals surface area contributed by atoms with Gasteiger partial charge in [-0.3, -0.25) is 0 Å². The number of halogens is 2. The summed E-state index contributed by atoms with van der Waals surface area (Å²) in [4.78, 5) is 0. The van der Waals surface area contributed by atoms with E-state index in [1.807, 2.05) is 35.2 Å². The maximum Gasteiger partial charge on any atom is 0.176 e. The summed E-state index contributed by atoms with van der Waals surface area (Å²) in [6.07, 6.45) is 3.67. The molecule has 0 amide bonds. The van der Waals surface area contributed by atoms with Gasteiger partial charge in [-0.2, -0.15) is 0 Å². The molecular formula is C12H10F2N+. The highest BCUT2D eigenvalue weighted by atomic mass is 19.1. The van der Waals surface area contributed by atoms with Crippen LogP contribution >= 0.6 is 0 Å². The van der Waals surface area contributed by atoms with E-state index in [1.165, 1.54) is 12.1 Å². The number of hydrogen-bond acceptors (Lipinski definition) is 0. The number of rotatable bonds is 2. The molecule has 0 radical (unpaired) electrons. The Hall–Kier alpha value is -1.77. The van der Waals surface area contributed by atoms with Crippen LogP contribution < -0.4 is 4.57 Å². The van der Waals surface area contributed by atoms with E-state index in [-0.39, 0.29) is 0 Å². The molecule has 0 aliphatic heterocycles. The summed E-state index contributed by atoms with van der Waals surface area (Å²) in [6, 6.07) is 9.24. The largest absolute Gasteiger partial charge is 0.207 e. The molecule has 1 heterocycles. The first kappa shape index (κ1) is 9.77. The Morgan fingerprint density at radius 2 is 1.73 bits per heavy atom. The van der Waals surface area contributed by atoms with Crippen molar-refractivity contribution < 1.29 is 13.3 Å². The van der Waals surface area contributed by atoms with Crippen molar-refractivity contribution in [2.75, 3.05) is 0 Å². The van der Waals surface area contributed by atoms with Crippen molar-refractivity contribution in [2.45, 2.75) is 6.54 Å². The average molecular weight is 206 g/mol. The molecule has 0 spiro atoms. The third-order valence-electron chi connectivity index (χ3n) is 2.15. The van der Waals surface area contributed by atoms with E-state index in [4.69, 9.17) is 0 Å². The van der Waals surface area contributed by atoms with Crippen LogP contribution in [0.4, 0.5) is 8.78 Å². The zero-order valence-corrected chi connectivity index (χ0v) is 8.03. The van der Waals surface area contributed by atoms with Gasteiger partial charge in [0.25, 0.3) is 0 Å². The number of benzene rings is 1. The van der Waals surface area contributed by atoms with E-state index in [2.05, 4.69) is 0 Å². The number of aromatic nitrogens is 1. The molecular weight excluding hydrogens is 196 g/mol. The first-order valence-corrected chi connectivity index (χ1v) is 4.64. The molecule has 2 rings (SSSR count). The lowest BCUT2D eigenvalue weighted by atomic mass is 10.2. The Kier molecular flexibility index (Phi) is 2.72. The van der Waals surface area contributed by atoms with E-state index in [0.29, 0.717) is 12.1 Å². The highest BCUT2D eigenvalue weighted by Gasteiger charge is 2.07. The monoisotopic (exact) mass is 206 g/mol. The number of hydrogen-bond donors (Lipinski definition) is 0. The van der Waals surface area contributed by atoms with Gasteiger partial charge in [-0.25, -0.2) is 13.3 Å². The zero-order chi connectivity index (χ0) is 10.7. The van der Waals surface area contributed by atoms with Crippen molar-refractivity contribution in [1.29, 1.82) is 0 Å². The van der Waals surface area contributed by atoms with Crippen molar-refractivity contribution in [3.63, 3.8) is 0 Å². The van der Waals surface area contributed by atoms with Gasteiger partial charge < -0.3 is 0 Å². The molecule has 0 aliphatic rings. The summed E-state index contributed by atoms with van der Waals surface area (Å²) in [7, 11) is 0. The lowest BCUT2D eigenvalue weighted by Crippen LogP contribution is -2.33. The highest BCUT2D eigenvalue weighted by molar-refractivity contribution is 5.17. The van der Waals surface area contributed by atoms with E-state index < -0.39 is 11.6 Å². The molecule has 0 saturated heterocycles. The molecule has 1 aromatic heterocycles. The minimum Gasteiger partial charge on any atom is -0.207 e. The molecule has 0 saturated carbocycles. The third-order valence-corrected chi connectivity index (χ3v) is 2.15. The van der Waals surface area contributed by atoms with Crippen molar-refractivity contribution in [3.05, 3.63) is 66.0 Å². The summed E-state index contributed by atoms with van der Waals surface area (Å²) in [6.45, 7) is 0.410. The Balaban J connectivity index is 2.25. The van der Waals surface area contributed by atoms with Gasteiger partial charge in [0.15, 0.2) is 18.9 Å². The van der Waals surface area contributed by atoms with E-state index >= 15 is 0 Å². The van der Waals surface area contributed by atoms with Gasteiger partial charge in [0.1, 0.15) is 11.6 Å². The lowest BCUT2D eigenvalue weighted by molar-refractivity contribution is -0.688. The molecule has 0 aliphatic carbocycles. The van der Waals surface area contributed by atoms with E-state index in [9.17, 15) is 8.78 Å². The number of nitrogens with zero attached hydrogens (tertiary/aromatic N) is 1. The normalized spacial score (nSPS) is 10.3. The van der Waals surface area contributed by atoms with Crippen LogP contribution in [0, 0.1) is 11.6 Å². The Labute approximate surface area is 86.6 Å². The molecule has 76 valence electrons. The summed E-state index contributed by atoms with van der Waals surface area (Å²) in [5, 5.41) is 0. The van der Waals surface area contributed by atoms with Gasteiger partial charge in [0, 0.05) is 18.2 Å². The molecule has 0 atom stereocenters. The van der Waals surface area contributed by atoms with E-state index in [1.54, 1.807) is 0 Å². The Morgan fingerprint density at radius 1 is 1.00 bits per heavy atom. The van der Waals surface area contributed by atoms with Crippen molar-refractivity contribution in [1.82, 2.24) is 0 Å². The van der Waals surface area contributed by atoms with Gasteiger partial charge in [-0.1, -0.05) is 6.07 Å². The molecule has 0 fully saturated rings. The third kappa shape index (κ3) is 2.37. The molecule has 0 N–H and O–H groups in total. The summed E-state index contributed by atoms with van der Waals surface area (Å²) in [5.41, 5.74) is 0.479. The van der Waals surface area contributed by atoms with Gasteiger partial charge in [0.2, 0.25) is 0 Å². The van der Waals surface area contributed by atoms with Crippen LogP contribution in [-0.4, -0.2) is 0 Å². The molecule has 2 aromatic rings. The minimum absolute atomic E-state index is 0.410. The highest BCUT2D eigenvalue weighted by Crippen LogP contribution is 2.08. The van der Waals surface area contributed by atoms with Gasteiger partial charge >= 0.3 is 0 Å². The molecule has 1 aromatic carbocycles. The molecule has 3 heteroatoms. The van der Waals surface area contributed by atoms with Crippen molar-refractivity contribution in [3.8, 4) is 0 Å². The topological polar surface area (TPSA) is 3.88 Å². The van der Waals surface area contributed by atoms with Crippen LogP contribution in [0.15, 0.2) is 48.8 Å². The first-order valence-electron chi connectivity index (χ1n) is 4.64. The predicted octanol–water partition coefficient (Wildman–Crippen LogP) is 2.30. The van der Waals surface area contributed by atoms with Gasteiger partial charge in [0.05, 0.1) is 5.56 Å². The second-order valence-electron chi connectivity index (χ2n) is 3.28. The predicted molar refractivity (Wildman–Crippen MR) is 52.1 cm³/mol. The summed E-state index contributed by atoms with van der Waals surface area (Å²) < 4.78 is 27.8. The molecule has 1 nitrogen and oxygen atoms in total. The van der Waals surface area contributed by atoms with Crippen molar-refractivity contribution >= 4 is 0 Å². The van der Waals surface area contributed by atoms with Crippen LogP contribution in [0.2, 0.25) is 0 Å². The summed E-state index contributed by atoms with van der Waals surface area (Å²) in [5.74, 6) is -1.05. The fraction of sp³-hybridized carbons (Fsp3) is 0.0833.